The van der Waals surface area contributed by atoms with E-state index in [1.807, 2.05) is 13.0 Å². The summed E-state index contributed by atoms with van der Waals surface area (Å²) in [4.78, 5) is 25.1. The number of rotatable bonds is 2. The number of aryl methyl sites for hydroxylation is 1. The maximum atomic E-state index is 12.1. The molecule has 0 aromatic heterocycles. The van der Waals surface area contributed by atoms with Crippen LogP contribution in [0, 0.1) is 18.3 Å². The fraction of sp³-hybridized carbons (Fsp3) is 0.438. The molecule has 1 heterocycles. The Morgan fingerprint density at radius 3 is 2.65 bits per heavy atom. The zero-order chi connectivity index (χ0) is 16.8. The molecule has 1 aliphatic rings. The molecule has 7 heteroatoms. The molecule has 2 rings (SSSR count). The Labute approximate surface area is 135 Å². The number of piperidine rings is 1. The molecule has 0 saturated carbocycles. The van der Waals surface area contributed by atoms with E-state index in [9.17, 15) is 9.59 Å². The molecule has 1 aromatic carbocycles. The van der Waals surface area contributed by atoms with Gasteiger partial charge in [0.2, 0.25) is 0 Å². The van der Waals surface area contributed by atoms with Crippen molar-refractivity contribution in [3.8, 4) is 6.07 Å². The van der Waals surface area contributed by atoms with Gasteiger partial charge in [-0.05, 0) is 37.5 Å². The minimum Gasteiger partial charge on any atom is -0.453 e. The van der Waals surface area contributed by atoms with Gasteiger partial charge in [-0.25, -0.2) is 9.59 Å². The molecule has 1 fully saturated rings. The fourth-order valence-electron chi connectivity index (χ4n) is 2.51. The van der Waals surface area contributed by atoms with Crippen LogP contribution in [0.3, 0.4) is 0 Å². The minimum atomic E-state index is -0.336. The first kappa shape index (κ1) is 16.6. The fourth-order valence-corrected chi connectivity index (χ4v) is 2.51. The van der Waals surface area contributed by atoms with Crippen molar-refractivity contribution in [3.05, 3.63) is 29.3 Å². The van der Waals surface area contributed by atoms with Crippen molar-refractivity contribution in [2.24, 2.45) is 0 Å². The van der Waals surface area contributed by atoms with Crippen molar-refractivity contribution < 1.29 is 14.3 Å². The first-order chi connectivity index (χ1) is 11.0. The normalized spacial score (nSPS) is 14.7. The van der Waals surface area contributed by atoms with Gasteiger partial charge in [0.25, 0.3) is 0 Å². The number of carbonyl (C=O) groups excluding carboxylic acids is 2. The summed E-state index contributed by atoms with van der Waals surface area (Å²) in [6.45, 7) is 2.98. The third-order valence-corrected chi connectivity index (χ3v) is 3.88. The molecule has 3 amide bonds. The standard InChI is InChI=1S/C16H20N4O3/c1-11-3-4-12(10-17)9-14(11)19-15(21)18-13-5-7-20(8-6-13)16(22)23-2/h3-4,9,13H,5-8H2,1-2H3,(H2,18,19,21). The molecule has 1 aliphatic heterocycles. The zero-order valence-electron chi connectivity index (χ0n) is 13.3. The molecule has 122 valence electrons. The summed E-state index contributed by atoms with van der Waals surface area (Å²) in [5.41, 5.74) is 2.01. The van der Waals surface area contributed by atoms with Gasteiger partial charge >= 0.3 is 12.1 Å². The molecule has 1 aromatic rings. The topological polar surface area (TPSA) is 94.5 Å². The van der Waals surface area contributed by atoms with Crippen molar-refractivity contribution >= 4 is 17.8 Å². The summed E-state index contributed by atoms with van der Waals surface area (Å²) >= 11 is 0. The molecule has 2 N–H and O–H groups in total. The molecular weight excluding hydrogens is 296 g/mol. The molecule has 0 unspecified atom stereocenters. The van der Waals surface area contributed by atoms with Crippen LogP contribution < -0.4 is 10.6 Å². The predicted octanol–water partition coefficient (Wildman–Crippen LogP) is 2.22. The van der Waals surface area contributed by atoms with E-state index < -0.39 is 0 Å². The zero-order valence-corrected chi connectivity index (χ0v) is 13.3. The van der Waals surface area contributed by atoms with Gasteiger partial charge in [0.05, 0.1) is 18.7 Å². The molecule has 1 saturated heterocycles. The van der Waals surface area contributed by atoms with E-state index in [1.54, 1.807) is 23.1 Å². The molecule has 0 spiro atoms. The summed E-state index contributed by atoms with van der Waals surface area (Å²) in [5, 5.41) is 14.6. The van der Waals surface area contributed by atoms with Gasteiger partial charge in [-0.15, -0.1) is 0 Å². The molecular formula is C16H20N4O3. The molecule has 0 bridgehead atoms. The lowest BCUT2D eigenvalue weighted by molar-refractivity contribution is 0.110. The number of amides is 3. The van der Waals surface area contributed by atoms with Crippen LogP contribution in [0.25, 0.3) is 0 Å². The van der Waals surface area contributed by atoms with Crippen LogP contribution in [-0.2, 0) is 4.74 Å². The van der Waals surface area contributed by atoms with Crippen molar-refractivity contribution in [1.82, 2.24) is 10.2 Å². The van der Waals surface area contributed by atoms with Crippen molar-refractivity contribution in [3.63, 3.8) is 0 Å². The van der Waals surface area contributed by atoms with Gasteiger partial charge in [0.1, 0.15) is 0 Å². The van der Waals surface area contributed by atoms with Gasteiger partial charge < -0.3 is 20.3 Å². The van der Waals surface area contributed by atoms with E-state index >= 15 is 0 Å². The van der Waals surface area contributed by atoms with E-state index in [0.29, 0.717) is 37.2 Å². The Morgan fingerprint density at radius 1 is 1.35 bits per heavy atom. The largest absolute Gasteiger partial charge is 0.453 e. The highest BCUT2D eigenvalue weighted by molar-refractivity contribution is 5.90. The number of anilines is 1. The van der Waals surface area contributed by atoms with E-state index in [-0.39, 0.29) is 18.2 Å². The number of nitriles is 1. The summed E-state index contributed by atoms with van der Waals surface area (Å²) in [6, 6.07) is 6.90. The monoisotopic (exact) mass is 316 g/mol. The van der Waals surface area contributed by atoms with Crippen LogP contribution in [-0.4, -0.2) is 43.3 Å². The highest BCUT2D eigenvalue weighted by Gasteiger charge is 2.24. The van der Waals surface area contributed by atoms with Gasteiger partial charge in [-0.2, -0.15) is 5.26 Å². The Bertz CT molecular complexity index is 631. The third kappa shape index (κ3) is 4.36. The van der Waals surface area contributed by atoms with Crippen LogP contribution >= 0.6 is 0 Å². The summed E-state index contributed by atoms with van der Waals surface area (Å²) in [7, 11) is 1.36. The Morgan fingerprint density at radius 2 is 2.04 bits per heavy atom. The van der Waals surface area contributed by atoms with Crippen LogP contribution in [0.15, 0.2) is 18.2 Å². The maximum absolute atomic E-state index is 12.1. The molecule has 0 radical (unpaired) electrons. The summed E-state index contributed by atoms with van der Waals surface area (Å²) < 4.78 is 4.68. The van der Waals surface area contributed by atoms with E-state index in [0.717, 1.165) is 5.56 Å². The van der Waals surface area contributed by atoms with Crippen molar-refractivity contribution in [1.29, 1.82) is 5.26 Å². The second kappa shape index (κ2) is 7.49. The number of ether oxygens (including phenoxy) is 1. The number of carbonyl (C=O) groups is 2. The number of nitrogens with zero attached hydrogens (tertiary/aromatic N) is 2. The number of nitrogens with one attached hydrogen (secondary N) is 2. The van der Waals surface area contributed by atoms with Crippen LogP contribution in [0.1, 0.15) is 24.0 Å². The van der Waals surface area contributed by atoms with Crippen molar-refractivity contribution in [2.75, 3.05) is 25.5 Å². The number of methoxy groups -OCH3 is 1. The average molecular weight is 316 g/mol. The lowest BCUT2D eigenvalue weighted by atomic mass is 10.1. The highest BCUT2D eigenvalue weighted by Crippen LogP contribution is 2.17. The molecule has 7 nitrogen and oxygen atoms in total. The lowest BCUT2D eigenvalue weighted by Crippen LogP contribution is -2.47. The van der Waals surface area contributed by atoms with Crippen LogP contribution in [0.4, 0.5) is 15.3 Å². The number of benzene rings is 1. The smallest absolute Gasteiger partial charge is 0.409 e. The number of hydrogen-bond donors (Lipinski definition) is 2. The Hall–Kier alpha value is -2.75. The SMILES string of the molecule is COC(=O)N1CCC(NC(=O)Nc2cc(C#N)ccc2C)CC1. The summed E-state index contributed by atoms with van der Waals surface area (Å²) in [6.07, 6.45) is 1.02. The van der Waals surface area contributed by atoms with E-state index in [4.69, 9.17) is 5.26 Å². The number of urea groups is 1. The molecule has 0 atom stereocenters. The Kier molecular flexibility index (Phi) is 5.41. The number of likely N-dealkylation sites (tertiary alicyclic amines) is 1. The molecule has 23 heavy (non-hydrogen) atoms. The first-order valence-electron chi connectivity index (χ1n) is 7.44. The van der Waals surface area contributed by atoms with Gasteiger partial charge in [0, 0.05) is 24.8 Å². The first-order valence-corrected chi connectivity index (χ1v) is 7.44. The lowest BCUT2D eigenvalue weighted by Gasteiger charge is -2.31. The molecule has 0 aliphatic carbocycles. The Balaban J connectivity index is 1.87. The third-order valence-electron chi connectivity index (χ3n) is 3.88. The van der Waals surface area contributed by atoms with Crippen LogP contribution in [0.5, 0.6) is 0 Å². The van der Waals surface area contributed by atoms with Crippen molar-refractivity contribution in [2.45, 2.75) is 25.8 Å². The maximum Gasteiger partial charge on any atom is 0.409 e. The number of hydrogen-bond acceptors (Lipinski definition) is 4. The predicted molar refractivity (Wildman–Crippen MR) is 85.0 cm³/mol. The van der Waals surface area contributed by atoms with E-state index in [2.05, 4.69) is 15.4 Å². The highest BCUT2D eigenvalue weighted by atomic mass is 16.5. The second-order valence-corrected chi connectivity index (χ2v) is 5.47. The minimum absolute atomic E-state index is 0.00959. The van der Waals surface area contributed by atoms with Gasteiger partial charge in [-0.3, -0.25) is 0 Å². The van der Waals surface area contributed by atoms with E-state index in [1.165, 1.54) is 7.11 Å². The quantitative estimate of drug-likeness (QED) is 0.874. The average Bonchev–Trinajstić information content (AvgIpc) is 2.56. The second-order valence-electron chi connectivity index (χ2n) is 5.47. The van der Waals surface area contributed by atoms with Crippen LogP contribution in [0.2, 0.25) is 0 Å². The summed E-state index contributed by atoms with van der Waals surface area (Å²) in [5.74, 6) is 0. The van der Waals surface area contributed by atoms with Gasteiger partial charge in [0.15, 0.2) is 0 Å². The van der Waals surface area contributed by atoms with Gasteiger partial charge in [-0.1, -0.05) is 6.07 Å².